The summed E-state index contributed by atoms with van der Waals surface area (Å²) in [7, 11) is 0. The molecule has 0 aromatic heterocycles. The van der Waals surface area contributed by atoms with Crippen molar-refractivity contribution in [2.24, 2.45) is 10.4 Å². The van der Waals surface area contributed by atoms with Crippen molar-refractivity contribution in [3.05, 3.63) is 64.2 Å². The van der Waals surface area contributed by atoms with Crippen molar-refractivity contribution in [3.8, 4) is 0 Å². The lowest BCUT2D eigenvalue weighted by Crippen LogP contribution is -2.04. The molecule has 8 heteroatoms. The summed E-state index contributed by atoms with van der Waals surface area (Å²) in [6.07, 6.45) is 0. The molecule has 0 unspecified atom stereocenters. The van der Waals surface area contributed by atoms with Crippen LogP contribution in [0.2, 0.25) is 0 Å². The van der Waals surface area contributed by atoms with Gasteiger partial charge in [0.15, 0.2) is 17.1 Å². The van der Waals surface area contributed by atoms with Crippen LogP contribution in [0.1, 0.15) is 10.4 Å². The highest BCUT2D eigenvalue weighted by Crippen LogP contribution is 2.26. The zero-order valence-electron chi connectivity index (χ0n) is 10.6. The van der Waals surface area contributed by atoms with Crippen LogP contribution in [0.25, 0.3) is 0 Å². The van der Waals surface area contributed by atoms with Crippen LogP contribution in [-0.2, 0) is 0 Å². The molecule has 106 valence electrons. The average Bonchev–Trinajstić information content (AvgIpc) is 2.52. The first-order valence-corrected chi connectivity index (χ1v) is 5.82. The Labute approximate surface area is 118 Å². The summed E-state index contributed by atoms with van der Waals surface area (Å²) in [6.45, 7) is 0. The van der Waals surface area contributed by atoms with Gasteiger partial charge in [-0.25, -0.2) is 4.79 Å². The largest absolute Gasteiger partial charge is 0.691 e. The number of carboxylic acid groups (broad SMARTS) is 1. The summed E-state index contributed by atoms with van der Waals surface area (Å²) in [6, 6.07) is 11.8. The topological polar surface area (TPSA) is 117 Å². The van der Waals surface area contributed by atoms with Crippen LogP contribution in [0.4, 0.5) is 17.1 Å². The molecular weight excluding hydrogens is 276 g/mol. The van der Waals surface area contributed by atoms with Crippen molar-refractivity contribution in [1.29, 1.82) is 0 Å². The van der Waals surface area contributed by atoms with Crippen LogP contribution >= 0.6 is 0 Å². The van der Waals surface area contributed by atoms with Crippen molar-refractivity contribution >= 4 is 23.0 Å². The highest BCUT2D eigenvalue weighted by molar-refractivity contribution is 5.94. The molecule has 0 saturated heterocycles. The van der Waals surface area contributed by atoms with Gasteiger partial charge in [0, 0.05) is 0 Å². The van der Waals surface area contributed by atoms with Gasteiger partial charge in [-0.2, -0.15) is 0 Å². The van der Waals surface area contributed by atoms with E-state index in [1.54, 1.807) is 24.3 Å². The monoisotopic (exact) mass is 286 g/mol. The van der Waals surface area contributed by atoms with Gasteiger partial charge in [0.1, 0.15) is 5.56 Å². The molecule has 2 N–H and O–H groups in total. The molecule has 0 spiro atoms. The first kappa shape index (κ1) is 14.1. The van der Waals surface area contributed by atoms with Crippen LogP contribution in [0, 0.1) is 10.1 Å². The number of para-hydroxylation sites is 2. The van der Waals surface area contributed by atoms with E-state index < -0.39 is 5.97 Å². The third kappa shape index (κ3) is 3.18. The molecule has 0 amide bonds. The molecule has 0 aliphatic carbocycles. The van der Waals surface area contributed by atoms with Crippen molar-refractivity contribution in [2.75, 3.05) is 5.43 Å². The number of nitrogens with zero attached hydrogens (tertiary/aromatic N) is 3. The van der Waals surface area contributed by atoms with Crippen LogP contribution in [0.5, 0.6) is 0 Å². The van der Waals surface area contributed by atoms with E-state index in [9.17, 15) is 14.9 Å². The molecule has 0 saturated carbocycles. The van der Waals surface area contributed by atoms with E-state index in [0.29, 0.717) is 0 Å². The molecule has 8 nitrogen and oxygen atoms in total. The van der Waals surface area contributed by atoms with Crippen molar-refractivity contribution in [1.82, 2.24) is 0 Å². The van der Waals surface area contributed by atoms with Gasteiger partial charge in [0.2, 0.25) is 0 Å². The Morgan fingerprint density at radius 3 is 2.52 bits per heavy atom. The Kier molecular flexibility index (Phi) is 4.20. The highest BCUT2D eigenvalue weighted by atomic mass is 16.5. The number of nitrogens with one attached hydrogen (secondary N) is 1. The van der Waals surface area contributed by atoms with E-state index in [1.807, 2.05) is 0 Å². The second-order valence-electron chi connectivity index (χ2n) is 3.92. The maximum absolute atomic E-state index is 11.8. The molecule has 0 heterocycles. The Bertz CT molecular complexity index is 715. The number of nitroso groups, excluding NO2 is 1. The fourth-order valence-corrected chi connectivity index (χ4v) is 1.62. The molecule has 0 bridgehead atoms. The molecule has 0 fully saturated rings. The smallest absolute Gasteiger partial charge is 0.340 e. The van der Waals surface area contributed by atoms with Gasteiger partial charge in [-0.1, -0.05) is 24.3 Å². The van der Waals surface area contributed by atoms with E-state index in [-0.39, 0.29) is 27.5 Å². The lowest BCUT2D eigenvalue weighted by Gasteiger charge is -2.06. The van der Waals surface area contributed by atoms with Crippen molar-refractivity contribution < 1.29 is 14.8 Å². The predicted molar refractivity (Wildman–Crippen MR) is 74.6 cm³/mol. The van der Waals surface area contributed by atoms with Gasteiger partial charge in [-0.15, -0.1) is 15.2 Å². The van der Waals surface area contributed by atoms with E-state index >= 15 is 0 Å². The quantitative estimate of drug-likeness (QED) is 0.378. The zero-order valence-corrected chi connectivity index (χ0v) is 10.6. The summed E-state index contributed by atoms with van der Waals surface area (Å²) < 4.78 is 0. The summed E-state index contributed by atoms with van der Waals surface area (Å²) in [5.41, 5.74) is 2.37. The Balaban J connectivity index is 2.29. The first-order chi connectivity index (χ1) is 10.1. The van der Waals surface area contributed by atoms with Gasteiger partial charge < -0.3 is 10.3 Å². The number of benzene rings is 2. The maximum Gasteiger partial charge on any atom is 0.340 e. The minimum Gasteiger partial charge on any atom is -0.691 e. The maximum atomic E-state index is 11.8. The van der Waals surface area contributed by atoms with E-state index in [0.717, 1.165) is 0 Å². The Morgan fingerprint density at radius 2 is 1.81 bits per heavy atom. The molecule has 21 heavy (non-hydrogen) atoms. The summed E-state index contributed by atoms with van der Waals surface area (Å²) in [5, 5.41) is 27.0. The van der Waals surface area contributed by atoms with E-state index in [1.165, 1.54) is 24.3 Å². The zero-order chi connectivity index (χ0) is 15.2. The minimum absolute atomic E-state index is 0.0311. The summed E-state index contributed by atoms with van der Waals surface area (Å²) in [4.78, 5) is 21.8. The van der Waals surface area contributed by atoms with Gasteiger partial charge in [-0.05, 0) is 29.4 Å². The summed E-state index contributed by atoms with van der Waals surface area (Å²) >= 11 is 0. The third-order valence-corrected chi connectivity index (χ3v) is 2.60. The molecule has 2 aromatic carbocycles. The first-order valence-electron chi connectivity index (χ1n) is 5.82. The third-order valence-electron chi connectivity index (χ3n) is 2.60. The fourth-order valence-electron chi connectivity index (χ4n) is 1.62. The van der Waals surface area contributed by atoms with Gasteiger partial charge >= 0.3 is 5.97 Å². The van der Waals surface area contributed by atoms with Crippen LogP contribution in [0.15, 0.2) is 58.9 Å². The van der Waals surface area contributed by atoms with Crippen LogP contribution < -0.4 is 5.43 Å². The number of carbonyl (C=O) groups is 1. The highest BCUT2D eigenvalue weighted by Gasteiger charge is 2.12. The number of hydrogen-bond donors (Lipinski definition) is 2. The second-order valence-corrected chi connectivity index (χ2v) is 3.92. The number of aromatic carboxylic acids is 1. The number of anilines is 1. The lowest BCUT2D eigenvalue weighted by molar-refractivity contribution is -0.438. The standard InChI is InChI=1S/C13H10N4O4/c18-13(19)9-5-1-2-6-10(9)14-16-17(21)12-8-4-3-7-11(12)15-20/h1-8,14H,(H,18,19). The van der Waals surface area contributed by atoms with Crippen LogP contribution in [-0.4, -0.2) is 15.9 Å². The SMILES string of the molecule is O=Nc1ccccc1[N+]([O-])=NNc1ccccc1C(=O)O. The Hall–Kier alpha value is -3.29. The molecule has 0 aliphatic rings. The van der Waals surface area contributed by atoms with Gasteiger partial charge in [-0.3, -0.25) is 0 Å². The minimum atomic E-state index is -1.15. The molecule has 0 radical (unpaired) electrons. The average molecular weight is 286 g/mol. The number of hydrogen-bond acceptors (Lipinski definition) is 5. The van der Waals surface area contributed by atoms with Crippen molar-refractivity contribution in [2.45, 2.75) is 0 Å². The Morgan fingerprint density at radius 1 is 1.14 bits per heavy atom. The molecule has 2 rings (SSSR count). The molecule has 0 aliphatic heterocycles. The van der Waals surface area contributed by atoms with Gasteiger partial charge in [0.05, 0.1) is 5.22 Å². The predicted octanol–water partition coefficient (Wildman–Crippen LogP) is 3.40. The lowest BCUT2D eigenvalue weighted by atomic mass is 10.2. The van der Waals surface area contributed by atoms with E-state index in [4.69, 9.17) is 5.11 Å². The summed E-state index contributed by atoms with van der Waals surface area (Å²) in [5.74, 6) is -1.15. The van der Waals surface area contributed by atoms with Crippen molar-refractivity contribution in [3.63, 3.8) is 0 Å². The normalized spacial score (nSPS) is 11.0. The van der Waals surface area contributed by atoms with Gasteiger partial charge in [0.25, 0.3) is 0 Å². The van der Waals surface area contributed by atoms with Crippen LogP contribution in [0.3, 0.4) is 0 Å². The molecule has 2 aromatic rings. The van der Waals surface area contributed by atoms with E-state index in [2.05, 4.69) is 15.8 Å². The number of rotatable bonds is 5. The molecule has 0 atom stereocenters. The molecular formula is C13H10N4O4. The fraction of sp³-hybridized carbons (Fsp3) is 0. The number of carboxylic acids is 1. The second kappa shape index (κ2) is 6.24.